The third-order valence-corrected chi connectivity index (χ3v) is 4.77. The van der Waals surface area contributed by atoms with Crippen LogP contribution >= 0.6 is 11.3 Å². The molecule has 0 aliphatic rings. The Hall–Kier alpha value is -2.74. The van der Waals surface area contributed by atoms with Gasteiger partial charge in [0.2, 0.25) is 5.91 Å². The molecule has 1 amide bonds. The molecule has 3 rings (SSSR count). The number of pyridine rings is 1. The molecule has 8 heteroatoms. The van der Waals surface area contributed by atoms with Crippen molar-refractivity contribution in [3.63, 3.8) is 0 Å². The highest BCUT2D eigenvalue weighted by Crippen LogP contribution is 2.41. The maximum Gasteiger partial charge on any atom is 0.417 e. The normalized spacial score (nSPS) is 11.6. The van der Waals surface area contributed by atoms with Gasteiger partial charge in [-0.05, 0) is 18.2 Å². The molecular formula is C19H16F3N3OS. The molecule has 0 fully saturated rings. The number of hydrogen-bond acceptors (Lipinski definition) is 4. The van der Waals surface area contributed by atoms with Crippen LogP contribution in [0.5, 0.6) is 0 Å². The number of carbonyl (C=O) groups is 1. The average Bonchev–Trinajstić information content (AvgIpc) is 3.09. The van der Waals surface area contributed by atoms with Crippen LogP contribution in [0, 0.1) is 5.92 Å². The number of thiazole rings is 1. The maximum atomic E-state index is 13.4. The van der Waals surface area contributed by atoms with E-state index in [9.17, 15) is 18.0 Å². The highest BCUT2D eigenvalue weighted by atomic mass is 32.1. The fraction of sp³-hybridized carbons (Fsp3) is 0.211. The number of rotatable bonds is 4. The van der Waals surface area contributed by atoms with Crippen LogP contribution < -0.4 is 5.32 Å². The zero-order chi connectivity index (χ0) is 19.6. The first kappa shape index (κ1) is 19.0. The fourth-order valence-corrected chi connectivity index (χ4v) is 3.31. The van der Waals surface area contributed by atoms with Gasteiger partial charge >= 0.3 is 6.18 Å². The van der Waals surface area contributed by atoms with E-state index in [2.05, 4.69) is 15.3 Å². The second kappa shape index (κ2) is 7.48. The van der Waals surface area contributed by atoms with Gasteiger partial charge in [0.15, 0.2) is 5.13 Å². The van der Waals surface area contributed by atoms with Crippen LogP contribution in [0.3, 0.4) is 0 Å². The molecule has 27 heavy (non-hydrogen) atoms. The lowest BCUT2D eigenvalue weighted by Gasteiger charge is -2.14. The van der Waals surface area contributed by atoms with Crippen molar-refractivity contribution >= 4 is 22.4 Å². The molecule has 0 aliphatic heterocycles. The van der Waals surface area contributed by atoms with Crippen molar-refractivity contribution in [2.75, 3.05) is 5.32 Å². The summed E-state index contributed by atoms with van der Waals surface area (Å²) in [6.07, 6.45) is -1.51. The highest BCUT2D eigenvalue weighted by Gasteiger charge is 2.34. The summed E-state index contributed by atoms with van der Waals surface area (Å²) in [4.78, 5) is 20.8. The molecular weight excluding hydrogens is 375 g/mol. The van der Waals surface area contributed by atoms with Gasteiger partial charge in [-0.2, -0.15) is 13.2 Å². The second-order valence-corrected chi connectivity index (χ2v) is 7.15. The Morgan fingerprint density at radius 3 is 2.48 bits per heavy atom. The summed E-state index contributed by atoms with van der Waals surface area (Å²) in [6, 6.07) is 8.68. The summed E-state index contributed by atoms with van der Waals surface area (Å²) in [6.45, 7) is 3.52. The number of anilines is 1. The van der Waals surface area contributed by atoms with Crippen molar-refractivity contribution in [3.8, 4) is 21.7 Å². The minimum Gasteiger partial charge on any atom is -0.302 e. The summed E-state index contributed by atoms with van der Waals surface area (Å²) in [7, 11) is 0. The number of aromatic nitrogens is 2. The Morgan fingerprint density at radius 2 is 1.78 bits per heavy atom. The van der Waals surface area contributed by atoms with E-state index in [1.807, 2.05) is 0 Å². The van der Waals surface area contributed by atoms with Crippen LogP contribution in [-0.4, -0.2) is 15.9 Å². The van der Waals surface area contributed by atoms with Gasteiger partial charge in [0.1, 0.15) is 0 Å². The van der Waals surface area contributed by atoms with Crippen molar-refractivity contribution in [3.05, 3.63) is 54.4 Å². The fourth-order valence-electron chi connectivity index (χ4n) is 2.46. The SMILES string of the molecule is CC(C)C(=O)Nc1ncc(-c2cccnc2-c2ccccc2C(F)(F)F)s1. The molecule has 1 aromatic carbocycles. The number of nitrogens with zero attached hydrogens (tertiary/aromatic N) is 2. The standard InChI is InChI=1S/C19H16F3N3OS/c1-11(2)17(26)25-18-24-10-15(27-18)13-7-5-9-23-16(13)12-6-3-4-8-14(12)19(20,21)22/h3-11H,1-2H3,(H,24,25,26). The third-order valence-electron chi connectivity index (χ3n) is 3.82. The van der Waals surface area contributed by atoms with Gasteiger partial charge in [-0.3, -0.25) is 9.78 Å². The molecule has 0 aliphatic carbocycles. The van der Waals surface area contributed by atoms with Crippen molar-refractivity contribution in [2.24, 2.45) is 5.92 Å². The molecule has 0 bridgehead atoms. The van der Waals surface area contributed by atoms with Crippen molar-refractivity contribution in [2.45, 2.75) is 20.0 Å². The third kappa shape index (κ3) is 4.16. The molecule has 1 N–H and O–H groups in total. The molecule has 140 valence electrons. The lowest BCUT2D eigenvalue weighted by molar-refractivity contribution is -0.137. The molecule has 3 aromatic rings. The zero-order valence-corrected chi connectivity index (χ0v) is 15.4. The van der Waals surface area contributed by atoms with Gasteiger partial charge in [0.05, 0.1) is 16.1 Å². The first-order valence-corrected chi connectivity index (χ1v) is 8.97. The highest BCUT2D eigenvalue weighted by molar-refractivity contribution is 7.19. The minimum atomic E-state index is -4.49. The molecule has 2 heterocycles. The van der Waals surface area contributed by atoms with Gasteiger partial charge in [0.25, 0.3) is 0 Å². The first-order valence-electron chi connectivity index (χ1n) is 8.16. The van der Waals surface area contributed by atoms with E-state index in [-0.39, 0.29) is 23.1 Å². The van der Waals surface area contributed by atoms with E-state index in [4.69, 9.17) is 0 Å². The number of nitrogens with one attached hydrogen (secondary N) is 1. The number of hydrogen-bond donors (Lipinski definition) is 1. The Kier molecular flexibility index (Phi) is 5.27. The number of halogens is 3. The number of benzene rings is 1. The molecule has 0 unspecified atom stereocenters. The quantitative estimate of drug-likeness (QED) is 0.640. The monoisotopic (exact) mass is 391 g/mol. The van der Waals surface area contributed by atoms with Gasteiger partial charge < -0.3 is 5.32 Å². The number of amides is 1. The zero-order valence-electron chi connectivity index (χ0n) is 14.5. The van der Waals surface area contributed by atoms with Crippen molar-refractivity contribution in [1.29, 1.82) is 0 Å². The average molecular weight is 391 g/mol. The van der Waals surface area contributed by atoms with E-state index in [1.165, 1.54) is 35.9 Å². The lowest BCUT2D eigenvalue weighted by atomic mass is 9.99. The molecule has 0 saturated heterocycles. The lowest BCUT2D eigenvalue weighted by Crippen LogP contribution is -2.17. The van der Waals surface area contributed by atoms with Crippen molar-refractivity contribution in [1.82, 2.24) is 9.97 Å². The van der Waals surface area contributed by atoms with E-state index in [0.717, 1.165) is 6.07 Å². The van der Waals surface area contributed by atoms with Gasteiger partial charge in [0, 0.05) is 29.4 Å². The van der Waals surface area contributed by atoms with Crippen LogP contribution in [0.25, 0.3) is 21.7 Å². The first-order chi connectivity index (χ1) is 12.8. The molecule has 0 radical (unpaired) electrons. The second-order valence-electron chi connectivity index (χ2n) is 6.12. The Morgan fingerprint density at radius 1 is 1.07 bits per heavy atom. The number of carbonyl (C=O) groups excluding carboxylic acids is 1. The predicted molar refractivity (Wildman–Crippen MR) is 99.3 cm³/mol. The molecule has 0 saturated carbocycles. The summed E-state index contributed by atoms with van der Waals surface area (Å²) in [5, 5.41) is 3.09. The van der Waals surface area contributed by atoms with Gasteiger partial charge in [-0.1, -0.05) is 43.4 Å². The van der Waals surface area contributed by atoms with Crippen LogP contribution in [0.2, 0.25) is 0 Å². The molecule has 0 atom stereocenters. The summed E-state index contributed by atoms with van der Waals surface area (Å²) >= 11 is 1.19. The Bertz CT molecular complexity index is 967. The number of alkyl halides is 3. The molecule has 0 spiro atoms. The van der Waals surface area contributed by atoms with E-state index >= 15 is 0 Å². The predicted octanol–water partition coefficient (Wildman–Crippen LogP) is 5.49. The summed E-state index contributed by atoms with van der Waals surface area (Å²) in [5.41, 5.74) is -0.00266. The van der Waals surface area contributed by atoms with Gasteiger partial charge in [-0.25, -0.2) is 4.98 Å². The summed E-state index contributed by atoms with van der Waals surface area (Å²) < 4.78 is 40.2. The summed E-state index contributed by atoms with van der Waals surface area (Å²) in [5.74, 6) is -0.380. The van der Waals surface area contributed by atoms with E-state index < -0.39 is 11.7 Å². The molecule has 2 aromatic heterocycles. The Labute approximate surface area is 158 Å². The van der Waals surface area contributed by atoms with E-state index in [1.54, 1.807) is 32.0 Å². The maximum absolute atomic E-state index is 13.4. The van der Waals surface area contributed by atoms with Crippen LogP contribution in [0.4, 0.5) is 18.3 Å². The smallest absolute Gasteiger partial charge is 0.302 e. The van der Waals surface area contributed by atoms with Crippen molar-refractivity contribution < 1.29 is 18.0 Å². The van der Waals surface area contributed by atoms with Gasteiger partial charge in [-0.15, -0.1) is 0 Å². The van der Waals surface area contributed by atoms with Crippen LogP contribution in [0.15, 0.2) is 48.8 Å². The minimum absolute atomic E-state index is 0.00164. The van der Waals surface area contributed by atoms with Crippen LogP contribution in [0.1, 0.15) is 19.4 Å². The van der Waals surface area contributed by atoms with Crippen LogP contribution in [-0.2, 0) is 11.0 Å². The van der Waals surface area contributed by atoms with E-state index in [0.29, 0.717) is 15.6 Å². The Balaban J connectivity index is 2.05. The molecule has 4 nitrogen and oxygen atoms in total. The topological polar surface area (TPSA) is 54.9 Å². The largest absolute Gasteiger partial charge is 0.417 e.